The Morgan fingerprint density at radius 1 is 1.38 bits per heavy atom. The number of aryl methyl sites for hydroxylation is 1. The molecule has 0 saturated carbocycles. The Hall–Kier alpha value is -1.77. The van der Waals surface area contributed by atoms with E-state index < -0.39 is 6.10 Å². The van der Waals surface area contributed by atoms with E-state index in [-0.39, 0.29) is 11.8 Å². The molecule has 0 spiro atoms. The second-order valence-corrected chi connectivity index (χ2v) is 4.05. The molecule has 0 aliphatic carbocycles. The zero-order valence-corrected chi connectivity index (χ0v) is 9.44. The quantitative estimate of drug-likeness (QED) is 0.826. The topological polar surface area (TPSA) is 38.3 Å². The molecule has 1 aliphatic rings. The summed E-state index contributed by atoms with van der Waals surface area (Å²) in [7, 11) is 0. The zero-order valence-electron chi connectivity index (χ0n) is 9.44. The molecule has 1 heterocycles. The number of ether oxygens (including phenoxy) is 1. The van der Waals surface area contributed by atoms with Crippen LogP contribution in [0.25, 0.3) is 0 Å². The van der Waals surface area contributed by atoms with Gasteiger partial charge >= 0.3 is 0 Å². The summed E-state index contributed by atoms with van der Waals surface area (Å²) >= 11 is 0. The van der Waals surface area contributed by atoms with Crippen LogP contribution in [-0.2, 0) is 9.53 Å². The Kier molecular flexibility index (Phi) is 2.95. The number of rotatable bonds is 2. The van der Waals surface area contributed by atoms with Gasteiger partial charge in [-0.2, -0.15) is 0 Å². The number of carbonyl (C=O) groups excluding carboxylic acids is 1. The molecule has 1 aromatic rings. The first-order chi connectivity index (χ1) is 7.68. The fourth-order valence-corrected chi connectivity index (χ4v) is 1.70. The largest absolute Gasteiger partial charge is 0.488 e. The van der Waals surface area contributed by atoms with E-state index in [9.17, 15) is 4.79 Å². The van der Waals surface area contributed by atoms with Crippen molar-refractivity contribution >= 4 is 11.6 Å². The average molecular weight is 217 g/mol. The highest BCUT2D eigenvalue weighted by Crippen LogP contribution is 2.20. The van der Waals surface area contributed by atoms with E-state index >= 15 is 0 Å². The van der Waals surface area contributed by atoms with E-state index in [1.165, 1.54) is 0 Å². The normalized spacial score (nSPS) is 22.9. The van der Waals surface area contributed by atoms with Gasteiger partial charge in [-0.25, -0.2) is 0 Å². The predicted octanol–water partition coefficient (Wildman–Crippen LogP) is 2.48. The summed E-state index contributed by atoms with van der Waals surface area (Å²) in [6.45, 7) is 3.93. The van der Waals surface area contributed by atoms with Crippen molar-refractivity contribution in [2.75, 3.05) is 5.32 Å². The maximum atomic E-state index is 11.9. The maximum Gasteiger partial charge on any atom is 0.266 e. The molecule has 0 radical (unpaired) electrons. The van der Waals surface area contributed by atoms with Crippen molar-refractivity contribution in [3.8, 4) is 0 Å². The van der Waals surface area contributed by atoms with Crippen molar-refractivity contribution in [1.29, 1.82) is 0 Å². The lowest BCUT2D eigenvalue weighted by atomic mass is 10.1. The maximum absolute atomic E-state index is 11.9. The van der Waals surface area contributed by atoms with Gasteiger partial charge in [0.25, 0.3) is 5.91 Å². The fraction of sp³-hybridized carbons (Fsp3) is 0.308. The first-order valence-corrected chi connectivity index (χ1v) is 5.37. The second kappa shape index (κ2) is 4.39. The van der Waals surface area contributed by atoms with Gasteiger partial charge in [0.05, 0.1) is 6.26 Å². The Morgan fingerprint density at radius 2 is 2.12 bits per heavy atom. The van der Waals surface area contributed by atoms with Gasteiger partial charge in [0.1, 0.15) is 0 Å². The molecule has 2 unspecified atom stereocenters. The minimum absolute atomic E-state index is 0.0909. The summed E-state index contributed by atoms with van der Waals surface area (Å²) in [6, 6.07) is 7.70. The summed E-state index contributed by atoms with van der Waals surface area (Å²) in [5.74, 6) is 0.0378. The highest BCUT2D eigenvalue weighted by Gasteiger charge is 2.28. The van der Waals surface area contributed by atoms with Crippen molar-refractivity contribution in [3.05, 3.63) is 42.2 Å². The molecule has 2 atom stereocenters. The molecule has 0 fully saturated rings. The van der Waals surface area contributed by atoms with Crippen LogP contribution in [0.1, 0.15) is 12.5 Å². The van der Waals surface area contributed by atoms with E-state index in [0.29, 0.717) is 0 Å². The number of nitrogens with one attached hydrogen (secondary N) is 1. The van der Waals surface area contributed by atoms with E-state index in [0.717, 1.165) is 11.3 Å². The van der Waals surface area contributed by atoms with Gasteiger partial charge in [0, 0.05) is 11.6 Å². The number of para-hydroxylation sites is 1. The average Bonchev–Trinajstić information content (AvgIpc) is 2.68. The summed E-state index contributed by atoms with van der Waals surface area (Å²) in [5, 5.41) is 2.88. The van der Waals surface area contributed by atoms with Gasteiger partial charge in [0.2, 0.25) is 0 Å². The van der Waals surface area contributed by atoms with Crippen molar-refractivity contribution in [1.82, 2.24) is 0 Å². The van der Waals surface area contributed by atoms with Crippen molar-refractivity contribution < 1.29 is 9.53 Å². The number of carbonyl (C=O) groups is 1. The van der Waals surface area contributed by atoms with Crippen molar-refractivity contribution in [2.45, 2.75) is 20.0 Å². The van der Waals surface area contributed by atoms with Crippen LogP contribution in [0.2, 0.25) is 0 Å². The molecule has 84 valence electrons. The van der Waals surface area contributed by atoms with Crippen LogP contribution in [0.5, 0.6) is 0 Å². The van der Waals surface area contributed by atoms with Gasteiger partial charge < -0.3 is 10.1 Å². The number of anilines is 1. The zero-order chi connectivity index (χ0) is 11.5. The second-order valence-electron chi connectivity index (χ2n) is 4.05. The van der Waals surface area contributed by atoms with Gasteiger partial charge in [-0.15, -0.1) is 0 Å². The van der Waals surface area contributed by atoms with E-state index in [1.807, 2.05) is 44.2 Å². The van der Waals surface area contributed by atoms with Crippen molar-refractivity contribution in [2.24, 2.45) is 5.92 Å². The molecular formula is C13H15NO2. The van der Waals surface area contributed by atoms with Crippen LogP contribution in [-0.4, -0.2) is 12.0 Å². The van der Waals surface area contributed by atoms with Crippen LogP contribution >= 0.6 is 0 Å². The molecule has 1 amide bonds. The summed E-state index contributed by atoms with van der Waals surface area (Å²) in [6.07, 6.45) is 3.08. The molecular weight excluding hydrogens is 202 g/mol. The third-order valence-electron chi connectivity index (χ3n) is 2.75. The Bertz CT molecular complexity index is 426. The van der Waals surface area contributed by atoms with Gasteiger partial charge in [-0.1, -0.05) is 25.1 Å². The fourth-order valence-electron chi connectivity index (χ4n) is 1.70. The Labute approximate surface area is 95.1 Å². The lowest BCUT2D eigenvalue weighted by molar-refractivity contribution is -0.124. The molecule has 1 N–H and O–H groups in total. The predicted molar refractivity (Wildman–Crippen MR) is 63.0 cm³/mol. The van der Waals surface area contributed by atoms with Crippen LogP contribution in [0, 0.1) is 12.8 Å². The lowest BCUT2D eigenvalue weighted by Crippen LogP contribution is -2.31. The molecule has 2 rings (SSSR count). The van der Waals surface area contributed by atoms with E-state index in [1.54, 1.807) is 6.26 Å². The number of amides is 1. The number of hydrogen-bond acceptors (Lipinski definition) is 2. The van der Waals surface area contributed by atoms with E-state index in [2.05, 4.69) is 5.32 Å². The smallest absolute Gasteiger partial charge is 0.266 e. The third kappa shape index (κ3) is 2.08. The minimum Gasteiger partial charge on any atom is -0.488 e. The molecule has 1 aromatic carbocycles. The minimum atomic E-state index is -0.403. The highest BCUT2D eigenvalue weighted by atomic mass is 16.5. The van der Waals surface area contributed by atoms with Crippen LogP contribution < -0.4 is 5.32 Å². The summed E-state index contributed by atoms with van der Waals surface area (Å²) < 4.78 is 5.25. The molecule has 16 heavy (non-hydrogen) atoms. The van der Waals surface area contributed by atoms with Crippen LogP contribution in [0.4, 0.5) is 5.69 Å². The molecule has 0 bridgehead atoms. The van der Waals surface area contributed by atoms with Gasteiger partial charge in [-0.05, 0) is 24.6 Å². The molecule has 3 heteroatoms. The molecule has 0 saturated heterocycles. The SMILES string of the molecule is Cc1ccccc1NC(=O)C1OC=CC1C. The van der Waals surface area contributed by atoms with Gasteiger partial charge in [-0.3, -0.25) is 4.79 Å². The van der Waals surface area contributed by atoms with Crippen LogP contribution in [0.15, 0.2) is 36.6 Å². The Balaban J connectivity index is 2.06. The Morgan fingerprint density at radius 3 is 2.75 bits per heavy atom. The van der Waals surface area contributed by atoms with Crippen molar-refractivity contribution in [3.63, 3.8) is 0 Å². The summed E-state index contributed by atoms with van der Waals surface area (Å²) in [5.41, 5.74) is 1.89. The standard InChI is InChI=1S/C13H15NO2/c1-9-5-3-4-6-11(9)14-13(15)12-10(2)7-8-16-12/h3-8,10,12H,1-2H3,(H,14,15). The monoisotopic (exact) mass is 217 g/mol. The number of benzene rings is 1. The molecule has 3 nitrogen and oxygen atoms in total. The molecule has 1 aliphatic heterocycles. The molecule has 0 aromatic heterocycles. The summed E-state index contributed by atoms with van der Waals surface area (Å²) in [4.78, 5) is 11.9. The first-order valence-electron chi connectivity index (χ1n) is 5.37. The highest BCUT2D eigenvalue weighted by molar-refractivity contribution is 5.95. The number of hydrogen-bond donors (Lipinski definition) is 1. The van der Waals surface area contributed by atoms with E-state index in [4.69, 9.17) is 4.74 Å². The first kappa shape index (κ1) is 10.7. The lowest BCUT2D eigenvalue weighted by Gasteiger charge is -2.15. The van der Waals surface area contributed by atoms with Gasteiger partial charge in [0.15, 0.2) is 6.10 Å². The van der Waals surface area contributed by atoms with Crippen LogP contribution in [0.3, 0.4) is 0 Å². The third-order valence-corrected chi connectivity index (χ3v) is 2.75.